The molecular formula is C19H19N5O3. The summed E-state index contributed by atoms with van der Waals surface area (Å²) in [5, 5.41) is 14.4. The Morgan fingerprint density at radius 1 is 1.07 bits per heavy atom. The number of anilines is 3. The summed E-state index contributed by atoms with van der Waals surface area (Å²) in [6.07, 6.45) is 1.56. The molecule has 2 N–H and O–H groups in total. The number of nitrogens with zero attached hydrogens (tertiary/aromatic N) is 3. The molecule has 8 heteroatoms. The van der Waals surface area contributed by atoms with Gasteiger partial charge >= 0.3 is 0 Å². The van der Waals surface area contributed by atoms with Gasteiger partial charge in [-0.3, -0.25) is 0 Å². The quantitative estimate of drug-likeness (QED) is 0.689. The molecule has 4 rings (SSSR count). The third-order valence-electron chi connectivity index (χ3n) is 4.00. The minimum Gasteiger partial charge on any atom is -0.496 e. The molecule has 1 aliphatic rings. The first-order valence-corrected chi connectivity index (χ1v) is 8.54. The van der Waals surface area contributed by atoms with Gasteiger partial charge in [-0.15, -0.1) is 5.10 Å². The summed E-state index contributed by atoms with van der Waals surface area (Å²) in [5.74, 6) is 3.26. The predicted molar refractivity (Wildman–Crippen MR) is 101 cm³/mol. The second kappa shape index (κ2) is 7.77. The van der Waals surface area contributed by atoms with E-state index in [0.717, 1.165) is 22.7 Å². The van der Waals surface area contributed by atoms with Crippen molar-refractivity contribution in [2.75, 3.05) is 31.0 Å². The van der Waals surface area contributed by atoms with Crippen molar-refractivity contribution >= 4 is 17.5 Å². The zero-order valence-electron chi connectivity index (χ0n) is 14.8. The number of rotatable bonds is 6. The molecule has 0 fully saturated rings. The molecule has 0 bridgehead atoms. The van der Waals surface area contributed by atoms with Crippen molar-refractivity contribution in [1.29, 1.82) is 0 Å². The third-order valence-corrected chi connectivity index (χ3v) is 4.00. The molecule has 0 saturated heterocycles. The standard InChI is InChI=1S/C19H19N5O3/c1-25-15-5-3-2-4-13(15)11-20-19-23-18(12-21-24-19)22-14-6-7-16-17(10-14)27-9-8-26-16/h2-7,10,12H,8-9,11H2,1H3,(H2,20,22,23,24). The first kappa shape index (κ1) is 16.9. The fraction of sp³-hybridized carbons (Fsp3) is 0.211. The average molecular weight is 365 g/mol. The monoisotopic (exact) mass is 365 g/mol. The van der Waals surface area contributed by atoms with Crippen LogP contribution in [0.15, 0.2) is 48.7 Å². The van der Waals surface area contributed by atoms with E-state index < -0.39 is 0 Å². The van der Waals surface area contributed by atoms with E-state index in [0.29, 0.717) is 37.3 Å². The maximum atomic E-state index is 5.60. The Morgan fingerprint density at radius 2 is 1.93 bits per heavy atom. The van der Waals surface area contributed by atoms with Crippen LogP contribution in [0.4, 0.5) is 17.5 Å². The summed E-state index contributed by atoms with van der Waals surface area (Å²) >= 11 is 0. The van der Waals surface area contributed by atoms with E-state index in [9.17, 15) is 0 Å². The number of para-hydroxylation sites is 1. The summed E-state index contributed by atoms with van der Waals surface area (Å²) in [4.78, 5) is 4.44. The van der Waals surface area contributed by atoms with E-state index in [-0.39, 0.29) is 0 Å². The lowest BCUT2D eigenvalue weighted by atomic mass is 10.2. The highest BCUT2D eigenvalue weighted by molar-refractivity contribution is 5.61. The smallest absolute Gasteiger partial charge is 0.244 e. The lowest BCUT2D eigenvalue weighted by Gasteiger charge is -2.19. The van der Waals surface area contributed by atoms with Gasteiger partial charge in [0.1, 0.15) is 19.0 Å². The van der Waals surface area contributed by atoms with Gasteiger partial charge in [0.2, 0.25) is 5.95 Å². The summed E-state index contributed by atoms with van der Waals surface area (Å²) in [6, 6.07) is 13.4. The third kappa shape index (κ3) is 4.00. The predicted octanol–water partition coefficient (Wildman–Crippen LogP) is 3.01. The Morgan fingerprint density at radius 3 is 2.81 bits per heavy atom. The molecule has 3 aromatic rings. The van der Waals surface area contributed by atoms with Crippen LogP contribution in [0.1, 0.15) is 5.56 Å². The summed E-state index contributed by atoms with van der Waals surface area (Å²) in [6.45, 7) is 1.64. The summed E-state index contributed by atoms with van der Waals surface area (Å²) in [5.41, 5.74) is 1.84. The Hall–Kier alpha value is -3.55. The topological polar surface area (TPSA) is 90.4 Å². The molecule has 2 heterocycles. The molecule has 1 aliphatic heterocycles. The van der Waals surface area contributed by atoms with Gasteiger partial charge < -0.3 is 24.8 Å². The second-order valence-electron chi connectivity index (χ2n) is 5.81. The van der Waals surface area contributed by atoms with Crippen LogP contribution in [0.3, 0.4) is 0 Å². The number of hydrogen-bond donors (Lipinski definition) is 2. The summed E-state index contributed by atoms with van der Waals surface area (Å²) in [7, 11) is 1.65. The van der Waals surface area contributed by atoms with Crippen molar-refractivity contribution in [2.45, 2.75) is 6.54 Å². The number of nitrogens with one attached hydrogen (secondary N) is 2. The van der Waals surface area contributed by atoms with Gasteiger partial charge in [0, 0.05) is 23.9 Å². The molecule has 138 valence electrons. The second-order valence-corrected chi connectivity index (χ2v) is 5.81. The summed E-state index contributed by atoms with van der Waals surface area (Å²) < 4.78 is 16.5. The Labute approximate surface area is 156 Å². The van der Waals surface area contributed by atoms with E-state index in [1.807, 2.05) is 42.5 Å². The van der Waals surface area contributed by atoms with Crippen LogP contribution in [0.25, 0.3) is 0 Å². The van der Waals surface area contributed by atoms with Crippen molar-refractivity contribution in [1.82, 2.24) is 15.2 Å². The number of ether oxygens (including phenoxy) is 3. The molecule has 0 atom stereocenters. The molecule has 0 amide bonds. The van der Waals surface area contributed by atoms with E-state index in [1.165, 1.54) is 0 Å². The van der Waals surface area contributed by atoms with Gasteiger partial charge in [-0.25, -0.2) is 0 Å². The average Bonchev–Trinajstić information content (AvgIpc) is 2.72. The van der Waals surface area contributed by atoms with Crippen molar-refractivity contribution in [3.8, 4) is 17.2 Å². The van der Waals surface area contributed by atoms with E-state index in [2.05, 4.69) is 25.8 Å². The Bertz CT molecular complexity index is 935. The maximum Gasteiger partial charge on any atom is 0.244 e. The highest BCUT2D eigenvalue weighted by Crippen LogP contribution is 2.33. The van der Waals surface area contributed by atoms with Gasteiger partial charge in [0.15, 0.2) is 17.3 Å². The van der Waals surface area contributed by atoms with Gasteiger partial charge in [-0.2, -0.15) is 10.1 Å². The normalized spacial score (nSPS) is 12.3. The minimum absolute atomic E-state index is 0.420. The Balaban J connectivity index is 1.45. The van der Waals surface area contributed by atoms with E-state index >= 15 is 0 Å². The van der Waals surface area contributed by atoms with Gasteiger partial charge in [0.05, 0.1) is 13.3 Å². The van der Waals surface area contributed by atoms with Crippen molar-refractivity contribution < 1.29 is 14.2 Å². The SMILES string of the molecule is COc1ccccc1CNc1nncc(Nc2ccc3c(c2)OCCO3)n1. The highest BCUT2D eigenvalue weighted by atomic mass is 16.6. The highest BCUT2D eigenvalue weighted by Gasteiger charge is 2.12. The number of aromatic nitrogens is 3. The molecule has 0 saturated carbocycles. The zero-order chi connectivity index (χ0) is 18.5. The van der Waals surface area contributed by atoms with Crippen molar-refractivity contribution in [2.24, 2.45) is 0 Å². The van der Waals surface area contributed by atoms with Crippen LogP contribution in [-0.2, 0) is 6.54 Å². The molecule has 0 aliphatic carbocycles. The van der Waals surface area contributed by atoms with Gasteiger partial charge in [0.25, 0.3) is 0 Å². The lowest BCUT2D eigenvalue weighted by Crippen LogP contribution is -2.15. The number of fused-ring (bicyclic) bond motifs is 1. The molecular weight excluding hydrogens is 346 g/mol. The molecule has 2 aromatic carbocycles. The van der Waals surface area contributed by atoms with Crippen molar-refractivity contribution in [3.63, 3.8) is 0 Å². The first-order chi connectivity index (χ1) is 13.3. The first-order valence-electron chi connectivity index (χ1n) is 8.54. The molecule has 27 heavy (non-hydrogen) atoms. The van der Waals surface area contributed by atoms with Crippen molar-refractivity contribution in [3.05, 3.63) is 54.2 Å². The van der Waals surface area contributed by atoms with Crippen LogP contribution >= 0.6 is 0 Å². The Kier molecular flexibility index (Phi) is 4.86. The zero-order valence-corrected chi connectivity index (χ0v) is 14.8. The minimum atomic E-state index is 0.420. The number of methoxy groups -OCH3 is 1. The number of hydrogen-bond acceptors (Lipinski definition) is 8. The van der Waals surface area contributed by atoms with Gasteiger partial charge in [-0.1, -0.05) is 18.2 Å². The molecule has 0 unspecified atom stereocenters. The van der Waals surface area contributed by atoms with Crippen LogP contribution in [0.2, 0.25) is 0 Å². The number of benzene rings is 2. The maximum absolute atomic E-state index is 5.60. The van der Waals surface area contributed by atoms with Gasteiger partial charge in [-0.05, 0) is 18.2 Å². The lowest BCUT2D eigenvalue weighted by molar-refractivity contribution is 0.171. The molecule has 1 aromatic heterocycles. The largest absolute Gasteiger partial charge is 0.496 e. The van der Waals surface area contributed by atoms with Crippen LogP contribution in [-0.4, -0.2) is 35.5 Å². The van der Waals surface area contributed by atoms with E-state index in [4.69, 9.17) is 14.2 Å². The van der Waals surface area contributed by atoms with Crippen LogP contribution in [0.5, 0.6) is 17.2 Å². The fourth-order valence-electron chi connectivity index (χ4n) is 2.73. The van der Waals surface area contributed by atoms with Crippen LogP contribution in [0, 0.1) is 0 Å². The molecule has 0 spiro atoms. The molecule has 8 nitrogen and oxygen atoms in total. The van der Waals surface area contributed by atoms with E-state index in [1.54, 1.807) is 13.3 Å². The molecule has 0 radical (unpaired) electrons. The van der Waals surface area contributed by atoms with Crippen LogP contribution < -0.4 is 24.8 Å². The fourth-order valence-corrected chi connectivity index (χ4v) is 2.73.